The quantitative estimate of drug-likeness (QED) is 0.373. The number of carbonyl (C=O) groups excluding carboxylic acids is 1. The Morgan fingerprint density at radius 1 is 1.62 bits per heavy atom. The zero-order valence-corrected chi connectivity index (χ0v) is 7.59. The third kappa shape index (κ3) is 2.22. The fourth-order valence-corrected chi connectivity index (χ4v) is 1.29. The maximum atomic E-state index is 11.1. The van der Waals surface area contributed by atoms with Crippen LogP contribution in [0.4, 0.5) is 0 Å². The van der Waals surface area contributed by atoms with E-state index >= 15 is 0 Å². The molecule has 0 amide bonds. The van der Waals surface area contributed by atoms with E-state index in [4.69, 9.17) is 6.57 Å². The number of carbonyl (C=O) groups is 1. The van der Waals surface area contributed by atoms with Crippen LogP contribution in [0.5, 0.6) is 0 Å². The smallest absolute Gasteiger partial charge is 0.337 e. The number of allylic oxidation sites excluding steroid dienone is 1. The van der Waals surface area contributed by atoms with Crippen molar-refractivity contribution < 1.29 is 9.53 Å². The Bertz CT molecular complexity index is 268. The third-order valence-electron chi connectivity index (χ3n) is 1.97. The predicted molar refractivity (Wildman–Crippen MR) is 47.5 cm³/mol. The Morgan fingerprint density at radius 3 is 2.85 bits per heavy atom. The molecule has 1 heterocycles. The zero-order chi connectivity index (χ0) is 9.68. The van der Waals surface area contributed by atoms with Gasteiger partial charge in [-0.1, -0.05) is 0 Å². The number of rotatable bonds is 1. The van der Waals surface area contributed by atoms with Gasteiger partial charge in [0.15, 0.2) is 0 Å². The minimum atomic E-state index is -0.542. The van der Waals surface area contributed by atoms with Crippen molar-refractivity contribution in [2.24, 2.45) is 0 Å². The zero-order valence-electron chi connectivity index (χ0n) is 7.59. The first-order chi connectivity index (χ1) is 6.29. The summed E-state index contributed by atoms with van der Waals surface area (Å²) < 4.78 is 4.51. The van der Waals surface area contributed by atoms with E-state index in [9.17, 15) is 4.79 Å². The number of piperidine rings is 1. The Morgan fingerprint density at radius 2 is 2.38 bits per heavy atom. The second kappa shape index (κ2) is 4.51. The summed E-state index contributed by atoms with van der Waals surface area (Å²) in [5.41, 5.74) is 0.829. The van der Waals surface area contributed by atoms with Gasteiger partial charge in [0.2, 0.25) is 0 Å². The lowest BCUT2D eigenvalue weighted by Gasteiger charge is -2.17. The van der Waals surface area contributed by atoms with Gasteiger partial charge in [-0.05, 0) is 19.3 Å². The molecule has 1 saturated heterocycles. The molecule has 1 aliphatic rings. The van der Waals surface area contributed by atoms with Crippen LogP contribution in [0.25, 0.3) is 4.85 Å². The summed E-state index contributed by atoms with van der Waals surface area (Å²) in [5, 5.41) is 3.05. The molecule has 0 aliphatic carbocycles. The first-order valence-electron chi connectivity index (χ1n) is 4.22. The lowest BCUT2D eigenvalue weighted by molar-refractivity contribution is -0.135. The Labute approximate surface area is 77.4 Å². The number of esters is 1. The first kappa shape index (κ1) is 9.59. The lowest BCUT2D eigenvalue weighted by atomic mass is 10.1. The van der Waals surface area contributed by atoms with E-state index in [0.717, 1.165) is 31.5 Å². The maximum Gasteiger partial charge on any atom is 0.337 e. The van der Waals surface area contributed by atoms with E-state index in [0.29, 0.717) is 0 Å². The number of nitrogens with one attached hydrogen (secondary N) is 1. The van der Waals surface area contributed by atoms with Gasteiger partial charge < -0.3 is 10.1 Å². The van der Waals surface area contributed by atoms with Crippen molar-refractivity contribution >= 4 is 5.97 Å². The van der Waals surface area contributed by atoms with Crippen molar-refractivity contribution in [3.05, 3.63) is 22.8 Å². The molecule has 13 heavy (non-hydrogen) atoms. The summed E-state index contributed by atoms with van der Waals surface area (Å²) in [6, 6.07) is 0. The molecular formula is C9H12N2O2. The van der Waals surface area contributed by atoms with Gasteiger partial charge in [0.1, 0.15) is 0 Å². The molecule has 0 aromatic carbocycles. The molecule has 0 aromatic heterocycles. The van der Waals surface area contributed by atoms with E-state index < -0.39 is 5.97 Å². The van der Waals surface area contributed by atoms with Gasteiger partial charge in [0.05, 0.1) is 13.7 Å². The summed E-state index contributed by atoms with van der Waals surface area (Å²) in [6.07, 6.45) is 2.89. The molecule has 0 saturated carbocycles. The highest BCUT2D eigenvalue weighted by Gasteiger charge is 2.17. The minimum absolute atomic E-state index is 0.0993. The summed E-state index contributed by atoms with van der Waals surface area (Å²) in [7, 11) is 1.29. The number of methoxy groups -OCH3 is 1. The third-order valence-corrected chi connectivity index (χ3v) is 1.97. The van der Waals surface area contributed by atoms with Crippen molar-refractivity contribution in [1.29, 1.82) is 0 Å². The fourth-order valence-electron chi connectivity index (χ4n) is 1.29. The fraction of sp³-hybridized carbons (Fsp3) is 0.556. The topological polar surface area (TPSA) is 42.7 Å². The minimum Gasteiger partial charge on any atom is -0.474 e. The molecule has 1 fully saturated rings. The van der Waals surface area contributed by atoms with Crippen molar-refractivity contribution in [1.82, 2.24) is 5.32 Å². The Kier molecular flexibility index (Phi) is 3.32. The number of hydrogen-bond acceptors (Lipinski definition) is 3. The molecule has 4 nitrogen and oxygen atoms in total. The van der Waals surface area contributed by atoms with Crippen molar-refractivity contribution in [2.75, 3.05) is 13.7 Å². The molecule has 0 radical (unpaired) electrons. The highest BCUT2D eigenvalue weighted by Crippen LogP contribution is 2.16. The molecule has 70 valence electrons. The van der Waals surface area contributed by atoms with Crippen molar-refractivity contribution in [3.63, 3.8) is 0 Å². The van der Waals surface area contributed by atoms with Crippen LogP contribution in [0, 0.1) is 6.57 Å². The van der Waals surface area contributed by atoms with Crippen LogP contribution in [0.1, 0.15) is 19.3 Å². The Hall–Kier alpha value is -1.50. The molecule has 0 bridgehead atoms. The molecule has 0 aromatic rings. The molecule has 1 aliphatic heterocycles. The molecule has 0 atom stereocenters. The van der Waals surface area contributed by atoms with Crippen molar-refractivity contribution in [2.45, 2.75) is 19.3 Å². The standard InChI is InChI=1S/C9H12N2O2/c1-10-8(9(12)13-2)7-5-3-4-6-11-7/h11H,3-6H2,2H3. The van der Waals surface area contributed by atoms with Gasteiger partial charge in [-0.25, -0.2) is 4.85 Å². The van der Waals surface area contributed by atoms with Crippen LogP contribution >= 0.6 is 0 Å². The largest absolute Gasteiger partial charge is 0.474 e. The molecule has 0 spiro atoms. The first-order valence-corrected chi connectivity index (χ1v) is 4.22. The summed E-state index contributed by atoms with van der Waals surface area (Å²) in [4.78, 5) is 14.3. The van der Waals surface area contributed by atoms with E-state index in [1.807, 2.05) is 0 Å². The van der Waals surface area contributed by atoms with Crippen LogP contribution in [0.2, 0.25) is 0 Å². The maximum absolute atomic E-state index is 11.1. The highest BCUT2D eigenvalue weighted by molar-refractivity contribution is 5.91. The monoisotopic (exact) mass is 180 g/mol. The summed E-state index contributed by atoms with van der Waals surface area (Å²) >= 11 is 0. The second-order valence-electron chi connectivity index (χ2n) is 2.81. The van der Waals surface area contributed by atoms with Gasteiger partial charge in [0, 0.05) is 12.2 Å². The molecule has 4 heteroatoms. The summed E-state index contributed by atoms with van der Waals surface area (Å²) in [5.74, 6) is -0.542. The van der Waals surface area contributed by atoms with Crippen LogP contribution < -0.4 is 5.32 Å². The van der Waals surface area contributed by atoms with E-state index in [1.165, 1.54) is 7.11 Å². The summed E-state index contributed by atoms with van der Waals surface area (Å²) in [6.45, 7) is 7.69. The average Bonchev–Trinajstić information content (AvgIpc) is 2.20. The average molecular weight is 180 g/mol. The number of ether oxygens (including phenoxy) is 1. The van der Waals surface area contributed by atoms with E-state index in [-0.39, 0.29) is 5.70 Å². The molecule has 0 unspecified atom stereocenters. The molecule has 1 N–H and O–H groups in total. The highest BCUT2D eigenvalue weighted by atomic mass is 16.5. The number of nitrogens with zero attached hydrogens (tertiary/aromatic N) is 1. The van der Waals surface area contributed by atoms with Gasteiger partial charge in [0.25, 0.3) is 5.70 Å². The van der Waals surface area contributed by atoms with Gasteiger partial charge >= 0.3 is 5.97 Å². The van der Waals surface area contributed by atoms with Crippen LogP contribution in [-0.4, -0.2) is 19.6 Å². The Balaban J connectivity index is 2.84. The molecule has 1 rings (SSSR count). The second-order valence-corrected chi connectivity index (χ2v) is 2.81. The molecular weight excluding hydrogens is 168 g/mol. The van der Waals surface area contributed by atoms with Crippen LogP contribution in [0.3, 0.4) is 0 Å². The van der Waals surface area contributed by atoms with Gasteiger partial charge in [-0.2, -0.15) is 0 Å². The van der Waals surface area contributed by atoms with E-state index in [2.05, 4.69) is 14.9 Å². The normalized spacial score (nSPS) is 19.7. The lowest BCUT2D eigenvalue weighted by Crippen LogP contribution is -2.23. The van der Waals surface area contributed by atoms with Crippen LogP contribution in [-0.2, 0) is 9.53 Å². The SMILES string of the molecule is [C-]#[N+]C(C(=O)OC)=C1CCCCN1. The van der Waals surface area contributed by atoms with Crippen LogP contribution in [0.15, 0.2) is 11.4 Å². The van der Waals surface area contributed by atoms with Crippen molar-refractivity contribution in [3.8, 4) is 0 Å². The number of hydrogen-bond donors (Lipinski definition) is 1. The van der Waals surface area contributed by atoms with E-state index in [1.54, 1.807) is 0 Å². The van der Waals surface area contributed by atoms with Gasteiger partial charge in [-0.15, -0.1) is 0 Å². The predicted octanol–water partition coefficient (Wildman–Crippen LogP) is 1.06. The van der Waals surface area contributed by atoms with Gasteiger partial charge in [-0.3, -0.25) is 4.79 Å².